The fraction of sp³-hybridized carbons (Fsp3) is 0.111. The number of aryl methyl sites for hydroxylation is 1. The van der Waals surface area contributed by atoms with Crippen LogP contribution in [0.3, 0.4) is 0 Å². The molecular weight excluding hydrogens is 342 g/mol. The number of hydrogen-bond acceptors (Lipinski definition) is 4. The largest absolute Gasteiger partial charge is 0.304 e. The molecule has 0 aliphatic rings. The van der Waals surface area contributed by atoms with Crippen molar-refractivity contribution in [2.24, 2.45) is 7.05 Å². The van der Waals surface area contributed by atoms with Gasteiger partial charge in [-0.15, -0.1) is 0 Å². The van der Waals surface area contributed by atoms with E-state index in [-0.39, 0.29) is 17.1 Å². The Bertz CT molecular complexity index is 1020. The third-order valence-electron chi connectivity index (χ3n) is 3.65. The molecule has 0 saturated carbocycles. The van der Waals surface area contributed by atoms with E-state index in [4.69, 9.17) is 0 Å². The summed E-state index contributed by atoms with van der Waals surface area (Å²) in [6, 6.07) is 9.58. The number of anilines is 1. The van der Waals surface area contributed by atoms with E-state index in [9.17, 15) is 18.4 Å². The maximum atomic E-state index is 13.2. The topological polar surface area (TPSA) is 76.9 Å². The van der Waals surface area contributed by atoms with Crippen LogP contribution in [-0.4, -0.2) is 20.7 Å². The molecule has 3 aromatic rings. The molecule has 0 fully saturated rings. The van der Waals surface area contributed by atoms with E-state index in [1.165, 1.54) is 37.5 Å². The summed E-state index contributed by atoms with van der Waals surface area (Å²) in [5.41, 5.74) is 1.21. The van der Waals surface area contributed by atoms with Crippen molar-refractivity contribution in [3.05, 3.63) is 87.5 Å². The third-order valence-corrected chi connectivity index (χ3v) is 3.65. The van der Waals surface area contributed by atoms with Crippen LogP contribution >= 0.6 is 0 Å². The number of carbonyl (C=O) groups is 1. The Kier molecular flexibility index (Phi) is 4.83. The molecule has 26 heavy (non-hydrogen) atoms. The predicted octanol–water partition coefficient (Wildman–Crippen LogP) is 2.30. The maximum Gasteiger partial charge on any atom is 0.275 e. The van der Waals surface area contributed by atoms with Crippen molar-refractivity contribution in [3.8, 4) is 0 Å². The van der Waals surface area contributed by atoms with E-state index in [0.29, 0.717) is 12.0 Å². The zero-order chi connectivity index (χ0) is 18.7. The van der Waals surface area contributed by atoms with Gasteiger partial charge in [0.2, 0.25) is 0 Å². The summed E-state index contributed by atoms with van der Waals surface area (Å²) >= 11 is 0. The average Bonchev–Trinajstić information content (AvgIpc) is 2.62. The molecule has 0 aliphatic heterocycles. The highest BCUT2D eigenvalue weighted by molar-refractivity contribution is 6.02. The minimum atomic E-state index is -0.906. The number of amides is 1. The van der Waals surface area contributed by atoms with Gasteiger partial charge in [-0.2, -0.15) is 5.10 Å². The number of pyridine rings is 1. The van der Waals surface area contributed by atoms with Gasteiger partial charge in [0.05, 0.1) is 0 Å². The third kappa shape index (κ3) is 3.97. The summed E-state index contributed by atoms with van der Waals surface area (Å²) in [6.45, 7) is 0. The van der Waals surface area contributed by atoms with Crippen LogP contribution in [0.25, 0.3) is 0 Å². The van der Waals surface area contributed by atoms with Crippen LogP contribution in [0.1, 0.15) is 21.6 Å². The van der Waals surface area contributed by atoms with Crippen molar-refractivity contribution in [1.82, 2.24) is 14.8 Å². The van der Waals surface area contributed by atoms with Crippen molar-refractivity contribution in [1.29, 1.82) is 0 Å². The number of hydrogen-bond donors (Lipinski definition) is 1. The Labute approximate surface area is 147 Å². The Morgan fingerprint density at radius 2 is 1.85 bits per heavy atom. The lowest BCUT2D eigenvalue weighted by molar-refractivity contribution is 0.102. The van der Waals surface area contributed by atoms with E-state index < -0.39 is 17.5 Å². The van der Waals surface area contributed by atoms with Gasteiger partial charge < -0.3 is 5.32 Å². The average molecular weight is 356 g/mol. The summed E-state index contributed by atoms with van der Waals surface area (Å²) in [4.78, 5) is 27.5. The molecule has 1 amide bonds. The van der Waals surface area contributed by atoms with Gasteiger partial charge >= 0.3 is 0 Å². The number of aromatic nitrogens is 3. The van der Waals surface area contributed by atoms with Crippen LogP contribution in [-0.2, 0) is 13.5 Å². The Morgan fingerprint density at radius 3 is 2.50 bits per heavy atom. The summed E-state index contributed by atoms with van der Waals surface area (Å²) < 4.78 is 27.3. The summed E-state index contributed by atoms with van der Waals surface area (Å²) in [7, 11) is 1.48. The molecule has 1 aromatic carbocycles. The molecule has 0 saturated heterocycles. The van der Waals surface area contributed by atoms with Gasteiger partial charge in [0.25, 0.3) is 11.5 Å². The van der Waals surface area contributed by atoms with Crippen LogP contribution in [0.4, 0.5) is 14.6 Å². The number of nitrogens with one attached hydrogen (secondary N) is 1. The molecule has 0 radical (unpaired) electrons. The fourth-order valence-corrected chi connectivity index (χ4v) is 2.30. The predicted molar refractivity (Wildman–Crippen MR) is 90.8 cm³/mol. The molecule has 3 rings (SSSR count). The van der Waals surface area contributed by atoms with Gasteiger partial charge in [0.1, 0.15) is 5.69 Å². The molecule has 0 spiro atoms. The molecule has 132 valence electrons. The van der Waals surface area contributed by atoms with Crippen LogP contribution < -0.4 is 10.9 Å². The van der Waals surface area contributed by atoms with Crippen molar-refractivity contribution in [2.75, 3.05) is 5.32 Å². The van der Waals surface area contributed by atoms with E-state index in [1.54, 1.807) is 6.07 Å². The molecule has 2 aromatic heterocycles. The number of rotatable bonds is 4. The zero-order valence-electron chi connectivity index (χ0n) is 13.7. The monoisotopic (exact) mass is 356 g/mol. The number of benzene rings is 1. The molecular formula is C18H14F2N4O2. The number of carbonyl (C=O) groups excluding carboxylic acids is 1. The Balaban J connectivity index is 1.70. The van der Waals surface area contributed by atoms with E-state index >= 15 is 0 Å². The second-order valence-electron chi connectivity index (χ2n) is 5.61. The van der Waals surface area contributed by atoms with Crippen molar-refractivity contribution < 1.29 is 13.6 Å². The highest BCUT2D eigenvalue weighted by Gasteiger charge is 2.10. The SMILES string of the molecule is Cn1nc(NC(=O)c2ccc(Cc3ccc(F)c(F)c3)cn2)ccc1=O. The van der Waals surface area contributed by atoms with Gasteiger partial charge in [-0.25, -0.2) is 13.5 Å². The van der Waals surface area contributed by atoms with Crippen LogP contribution in [0, 0.1) is 11.6 Å². The minimum absolute atomic E-state index is 0.162. The van der Waals surface area contributed by atoms with Gasteiger partial charge in [-0.05, 0) is 41.8 Å². The van der Waals surface area contributed by atoms with Gasteiger partial charge in [0.15, 0.2) is 17.5 Å². The normalized spacial score (nSPS) is 10.6. The first-order chi connectivity index (χ1) is 12.4. The molecule has 2 heterocycles. The zero-order valence-corrected chi connectivity index (χ0v) is 13.7. The molecule has 0 aliphatic carbocycles. The van der Waals surface area contributed by atoms with Gasteiger partial charge in [0, 0.05) is 19.3 Å². The standard InChI is InChI=1S/C18H14F2N4O2/c1-24-17(25)7-6-16(23-24)22-18(26)15-5-3-12(10-21-15)8-11-2-4-13(19)14(20)9-11/h2-7,9-10H,8H2,1H3,(H,22,23,26). The molecule has 0 bridgehead atoms. The van der Waals surface area contributed by atoms with Crippen LogP contribution in [0.2, 0.25) is 0 Å². The Morgan fingerprint density at radius 1 is 1.08 bits per heavy atom. The molecule has 1 N–H and O–H groups in total. The lowest BCUT2D eigenvalue weighted by Crippen LogP contribution is -2.22. The van der Waals surface area contributed by atoms with Gasteiger partial charge in [-0.3, -0.25) is 14.6 Å². The molecule has 0 unspecified atom stereocenters. The first kappa shape index (κ1) is 17.4. The van der Waals surface area contributed by atoms with Crippen LogP contribution in [0.5, 0.6) is 0 Å². The lowest BCUT2D eigenvalue weighted by Gasteiger charge is -2.06. The number of nitrogens with zero attached hydrogens (tertiary/aromatic N) is 3. The quantitative estimate of drug-likeness (QED) is 0.778. The second-order valence-corrected chi connectivity index (χ2v) is 5.61. The highest BCUT2D eigenvalue weighted by Crippen LogP contribution is 2.13. The fourth-order valence-electron chi connectivity index (χ4n) is 2.30. The first-order valence-corrected chi connectivity index (χ1v) is 7.67. The lowest BCUT2D eigenvalue weighted by atomic mass is 10.1. The maximum absolute atomic E-state index is 13.2. The van der Waals surface area contributed by atoms with Crippen molar-refractivity contribution in [3.63, 3.8) is 0 Å². The van der Waals surface area contributed by atoms with E-state index in [2.05, 4.69) is 15.4 Å². The van der Waals surface area contributed by atoms with Gasteiger partial charge in [-0.1, -0.05) is 12.1 Å². The summed E-state index contributed by atoms with van der Waals surface area (Å²) in [5, 5.41) is 6.45. The van der Waals surface area contributed by atoms with Crippen molar-refractivity contribution >= 4 is 11.7 Å². The summed E-state index contributed by atoms with van der Waals surface area (Å²) in [5.74, 6) is -2.05. The highest BCUT2D eigenvalue weighted by atomic mass is 19.2. The molecule has 6 nitrogen and oxygen atoms in total. The smallest absolute Gasteiger partial charge is 0.275 e. The van der Waals surface area contributed by atoms with E-state index in [0.717, 1.165) is 22.4 Å². The first-order valence-electron chi connectivity index (χ1n) is 7.67. The summed E-state index contributed by atoms with van der Waals surface area (Å²) in [6.07, 6.45) is 1.85. The second kappa shape index (κ2) is 7.22. The molecule has 0 atom stereocenters. The van der Waals surface area contributed by atoms with Crippen molar-refractivity contribution in [2.45, 2.75) is 6.42 Å². The van der Waals surface area contributed by atoms with E-state index in [1.807, 2.05) is 0 Å². The van der Waals surface area contributed by atoms with Crippen LogP contribution in [0.15, 0.2) is 53.5 Å². The molecule has 8 heteroatoms. The Hall–Kier alpha value is -3.42. The number of halogens is 2. The minimum Gasteiger partial charge on any atom is -0.304 e.